The molecule has 1 heterocycles. The van der Waals surface area contributed by atoms with Gasteiger partial charge < -0.3 is 24.2 Å². The summed E-state index contributed by atoms with van der Waals surface area (Å²) in [7, 11) is 1.53. The molecule has 0 radical (unpaired) electrons. The van der Waals surface area contributed by atoms with Crippen LogP contribution < -0.4 is 9.47 Å². The molecule has 1 amide bonds. The van der Waals surface area contributed by atoms with Gasteiger partial charge in [0, 0.05) is 5.56 Å². The Kier molecular flexibility index (Phi) is 6.26. The van der Waals surface area contributed by atoms with Crippen LogP contribution in [-0.4, -0.2) is 42.3 Å². The van der Waals surface area contributed by atoms with E-state index in [4.69, 9.17) is 19.3 Å². The number of aliphatic carboxylic acids is 1. The van der Waals surface area contributed by atoms with E-state index in [1.807, 2.05) is 48.5 Å². The molecule has 1 aliphatic rings. The predicted octanol–water partition coefficient (Wildman–Crippen LogP) is 4.73. The first kappa shape index (κ1) is 21.2. The zero-order chi connectivity index (χ0) is 22.5. The first-order chi connectivity index (χ1) is 15.5. The molecule has 0 bridgehead atoms. The van der Waals surface area contributed by atoms with Crippen LogP contribution in [0.1, 0.15) is 11.1 Å². The number of benzene rings is 3. The lowest BCUT2D eigenvalue weighted by Crippen LogP contribution is -2.23. The third-order valence-electron chi connectivity index (χ3n) is 5.18. The van der Waals surface area contributed by atoms with Crippen molar-refractivity contribution in [3.05, 3.63) is 77.9 Å². The molecule has 0 saturated carbocycles. The van der Waals surface area contributed by atoms with Crippen LogP contribution >= 0.6 is 0 Å². The van der Waals surface area contributed by atoms with Crippen LogP contribution in [0, 0.1) is 0 Å². The average Bonchev–Trinajstić information content (AvgIpc) is 3.19. The normalized spacial score (nSPS) is 13.0. The van der Waals surface area contributed by atoms with Crippen LogP contribution in [0.5, 0.6) is 17.2 Å². The van der Waals surface area contributed by atoms with E-state index in [2.05, 4.69) is 0 Å². The molecular weight excluding hydrogens is 410 g/mol. The van der Waals surface area contributed by atoms with Crippen molar-refractivity contribution < 1.29 is 28.9 Å². The van der Waals surface area contributed by atoms with Crippen LogP contribution in [0.15, 0.2) is 66.7 Å². The molecule has 4 rings (SSSR count). The van der Waals surface area contributed by atoms with Gasteiger partial charge in [-0.3, -0.25) is 4.79 Å². The number of rotatable bonds is 8. The van der Waals surface area contributed by atoms with Crippen LogP contribution in [-0.2, 0) is 22.5 Å². The quantitative estimate of drug-likeness (QED) is 0.553. The van der Waals surface area contributed by atoms with Gasteiger partial charge in [0.1, 0.15) is 12.4 Å². The molecule has 7 nitrogen and oxygen atoms in total. The zero-order valence-electron chi connectivity index (χ0n) is 17.6. The second kappa shape index (κ2) is 9.43. The zero-order valence-corrected chi connectivity index (χ0v) is 17.6. The summed E-state index contributed by atoms with van der Waals surface area (Å²) >= 11 is 0. The first-order valence-electron chi connectivity index (χ1n) is 10.2. The summed E-state index contributed by atoms with van der Waals surface area (Å²) < 4.78 is 16.7. The molecule has 1 aliphatic heterocycles. The molecule has 32 heavy (non-hydrogen) atoms. The highest BCUT2D eigenvalue weighted by molar-refractivity contribution is 5.71. The lowest BCUT2D eigenvalue weighted by Gasteiger charge is -2.19. The molecule has 0 unspecified atom stereocenters. The number of methoxy groups -OCH3 is 1. The number of cyclic esters (lactones) is 1. The highest BCUT2D eigenvalue weighted by Gasteiger charge is 2.24. The third-order valence-corrected chi connectivity index (χ3v) is 5.18. The van der Waals surface area contributed by atoms with Gasteiger partial charge in [0.15, 0.2) is 11.5 Å². The molecule has 1 N–H and O–H groups in total. The van der Waals surface area contributed by atoms with E-state index in [9.17, 15) is 9.59 Å². The van der Waals surface area contributed by atoms with Crippen LogP contribution in [0.3, 0.4) is 0 Å². The maximum atomic E-state index is 12.0. The number of carbonyl (C=O) groups excluding carboxylic acids is 1. The van der Waals surface area contributed by atoms with E-state index in [0.29, 0.717) is 42.5 Å². The summed E-state index contributed by atoms with van der Waals surface area (Å²) in [5.74, 6) is 0.512. The van der Waals surface area contributed by atoms with Crippen molar-refractivity contribution in [3.8, 4) is 28.4 Å². The van der Waals surface area contributed by atoms with E-state index >= 15 is 0 Å². The van der Waals surface area contributed by atoms with Gasteiger partial charge in [0.2, 0.25) is 0 Å². The average molecular weight is 433 g/mol. The molecule has 7 heteroatoms. The number of nitrogens with zero attached hydrogens (tertiary/aromatic N) is 1. The molecule has 0 spiro atoms. The Hall–Kier alpha value is -4.00. The third kappa shape index (κ3) is 4.83. The number of carbonyl (C=O) groups is 2. The van der Waals surface area contributed by atoms with E-state index < -0.39 is 5.97 Å². The van der Waals surface area contributed by atoms with E-state index in [1.54, 1.807) is 23.1 Å². The number of hydrogen-bond acceptors (Lipinski definition) is 5. The Morgan fingerprint density at radius 3 is 2.47 bits per heavy atom. The SMILES string of the molecule is COc1ccc(CC(=O)O)cc1Oc1ccc(-c2ccccc2)cc1CN1CCOC1=O. The predicted molar refractivity (Wildman–Crippen MR) is 118 cm³/mol. The number of amides is 1. The fourth-order valence-electron chi connectivity index (χ4n) is 3.59. The minimum Gasteiger partial charge on any atom is -0.493 e. The van der Waals surface area contributed by atoms with Crippen LogP contribution in [0.2, 0.25) is 0 Å². The molecule has 0 aliphatic carbocycles. The maximum absolute atomic E-state index is 12.0. The molecule has 0 atom stereocenters. The minimum atomic E-state index is -0.929. The van der Waals surface area contributed by atoms with E-state index in [-0.39, 0.29) is 12.5 Å². The van der Waals surface area contributed by atoms with Gasteiger partial charge in [-0.2, -0.15) is 0 Å². The summed E-state index contributed by atoms with van der Waals surface area (Å²) in [6, 6.07) is 20.8. The highest BCUT2D eigenvalue weighted by Crippen LogP contribution is 2.36. The lowest BCUT2D eigenvalue weighted by molar-refractivity contribution is -0.136. The second-order valence-corrected chi connectivity index (χ2v) is 7.38. The maximum Gasteiger partial charge on any atom is 0.410 e. The van der Waals surface area contributed by atoms with Crippen molar-refractivity contribution in [3.63, 3.8) is 0 Å². The minimum absolute atomic E-state index is 0.125. The summed E-state index contributed by atoms with van der Waals surface area (Å²) in [6.45, 7) is 1.19. The van der Waals surface area contributed by atoms with Gasteiger partial charge in [0.25, 0.3) is 0 Å². The molecular formula is C25H23NO6. The van der Waals surface area contributed by atoms with Gasteiger partial charge >= 0.3 is 12.1 Å². The number of ether oxygens (including phenoxy) is 3. The molecule has 1 saturated heterocycles. The van der Waals surface area contributed by atoms with Crippen molar-refractivity contribution in [1.29, 1.82) is 0 Å². The molecule has 3 aromatic rings. The molecule has 3 aromatic carbocycles. The largest absolute Gasteiger partial charge is 0.493 e. The van der Waals surface area contributed by atoms with Crippen LogP contribution in [0.4, 0.5) is 4.79 Å². The van der Waals surface area contributed by atoms with Crippen molar-refractivity contribution in [2.24, 2.45) is 0 Å². The van der Waals surface area contributed by atoms with Gasteiger partial charge in [0.05, 0.1) is 26.6 Å². The summed E-state index contributed by atoms with van der Waals surface area (Å²) in [4.78, 5) is 24.8. The fourth-order valence-corrected chi connectivity index (χ4v) is 3.59. The standard InChI is InChI=1S/C25H23NO6/c1-30-22-9-7-17(14-24(27)28)13-23(22)32-21-10-8-19(18-5-3-2-4-6-18)15-20(21)16-26-11-12-31-25(26)29/h2-10,13,15H,11-12,14,16H2,1H3,(H,27,28). The van der Waals surface area contributed by atoms with Crippen molar-refractivity contribution in [2.75, 3.05) is 20.3 Å². The van der Waals surface area contributed by atoms with Gasteiger partial charge in [-0.05, 0) is 41.0 Å². The Bertz CT molecular complexity index is 1130. The lowest BCUT2D eigenvalue weighted by atomic mass is 10.0. The molecule has 0 aromatic heterocycles. The topological polar surface area (TPSA) is 85.3 Å². The molecule has 1 fully saturated rings. The Labute approximate surface area is 185 Å². The number of carboxylic acids is 1. The Morgan fingerprint density at radius 1 is 1.00 bits per heavy atom. The highest BCUT2D eigenvalue weighted by atomic mass is 16.6. The monoisotopic (exact) mass is 433 g/mol. The van der Waals surface area contributed by atoms with Crippen LogP contribution in [0.25, 0.3) is 11.1 Å². The number of hydrogen-bond donors (Lipinski definition) is 1. The smallest absolute Gasteiger partial charge is 0.410 e. The molecule has 164 valence electrons. The fraction of sp³-hybridized carbons (Fsp3) is 0.200. The second-order valence-electron chi connectivity index (χ2n) is 7.38. The number of carboxylic acid groups (broad SMARTS) is 1. The Balaban J connectivity index is 1.71. The van der Waals surface area contributed by atoms with Gasteiger partial charge in [-0.1, -0.05) is 42.5 Å². The van der Waals surface area contributed by atoms with Crippen molar-refractivity contribution >= 4 is 12.1 Å². The summed E-state index contributed by atoms with van der Waals surface area (Å²) in [5, 5.41) is 9.12. The van der Waals surface area contributed by atoms with E-state index in [0.717, 1.165) is 16.7 Å². The van der Waals surface area contributed by atoms with E-state index in [1.165, 1.54) is 7.11 Å². The summed E-state index contributed by atoms with van der Waals surface area (Å²) in [5.41, 5.74) is 3.44. The summed E-state index contributed by atoms with van der Waals surface area (Å²) in [6.07, 6.45) is -0.484. The van der Waals surface area contributed by atoms with Crippen molar-refractivity contribution in [2.45, 2.75) is 13.0 Å². The van der Waals surface area contributed by atoms with Gasteiger partial charge in [-0.25, -0.2) is 4.79 Å². The first-order valence-corrected chi connectivity index (χ1v) is 10.2. The van der Waals surface area contributed by atoms with Crippen molar-refractivity contribution in [1.82, 2.24) is 4.90 Å². The Morgan fingerprint density at radius 2 is 1.78 bits per heavy atom. The van der Waals surface area contributed by atoms with Gasteiger partial charge in [-0.15, -0.1) is 0 Å².